The number of nitrogens with zero attached hydrogens (tertiary/aromatic N) is 1. The van der Waals surface area contributed by atoms with E-state index in [0.29, 0.717) is 17.4 Å². The molecule has 2 atom stereocenters. The summed E-state index contributed by atoms with van der Waals surface area (Å²) in [6.07, 6.45) is 47.4. The van der Waals surface area contributed by atoms with Gasteiger partial charge >= 0.3 is 19.8 Å². The highest BCUT2D eigenvalue weighted by atomic mass is 31.2. The van der Waals surface area contributed by atoms with Crippen molar-refractivity contribution >= 4 is 19.8 Å². The molecular weight excluding hydrogens is 750 g/mol. The predicted molar refractivity (Wildman–Crippen MR) is 243 cm³/mol. The molecule has 0 saturated carbocycles. The van der Waals surface area contributed by atoms with E-state index in [0.717, 1.165) is 57.8 Å². The number of allylic oxidation sites excluding steroid dienone is 8. The third-order valence-electron chi connectivity index (χ3n) is 9.83. The van der Waals surface area contributed by atoms with Gasteiger partial charge in [-0.3, -0.25) is 18.6 Å². The molecule has 0 heterocycles. The number of ether oxygens (including phenoxy) is 2. The topological polar surface area (TPSA) is 108 Å². The molecule has 0 radical (unpaired) electrons. The smallest absolute Gasteiger partial charge is 0.462 e. The van der Waals surface area contributed by atoms with E-state index in [1.165, 1.54) is 103 Å². The van der Waals surface area contributed by atoms with E-state index >= 15 is 0 Å². The van der Waals surface area contributed by atoms with E-state index in [9.17, 15) is 19.0 Å². The van der Waals surface area contributed by atoms with Crippen molar-refractivity contribution in [1.29, 1.82) is 0 Å². The maximum absolute atomic E-state index is 12.7. The van der Waals surface area contributed by atoms with Crippen LogP contribution in [0.5, 0.6) is 0 Å². The molecule has 0 bridgehead atoms. The third kappa shape index (κ3) is 43.5. The molecule has 0 aliphatic carbocycles. The molecular formula is C48H89NO8P+. The summed E-state index contributed by atoms with van der Waals surface area (Å²) in [6, 6.07) is 0. The van der Waals surface area contributed by atoms with Gasteiger partial charge < -0.3 is 18.9 Å². The van der Waals surface area contributed by atoms with Gasteiger partial charge in [-0.2, -0.15) is 0 Å². The van der Waals surface area contributed by atoms with Crippen molar-refractivity contribution in [2.24, 2.45) is 0 Å². The molecule has 10 heteroatoms. The molecule has 0 aliphatic rings. The molecule has 0 aliphatic heterocycles. The number of quaternary nitrogens is 1. The molecule has 0 rings (SSSR count). The van der Waals surface area contributed by atoms with Crippen molar-refractivity contribution in [3.63, 3.8) is 0 Å². The Bertz CT molecular complexity index is 1130. The second-order valence-corrected chi connectivity index (χ2v) is 18.2. The van der Waals surface area contributed by atoms with Crippen LogP contribution in [0, 0.1) is 0 Å². The van der Waals surface area contributed by atoms with Gasteiger partial charge in [0.15, 0.2) is 6.10 Å². The molecule has 0 aromatic carbocycles. The van der Waals surface area contributed by atoms with E-state index in [1.807, 2.05) is 21.1 Å². The number of likely N-dealkylation sites (N-methyl/N-ethyl adjacent to an activating group) is 1. The summed E-state index contributed by atoms with van der Waals surface area (Å²) >= 11 is 0. The molecule has 9 nitrogen and oxygen atoms in total. The highest BCUT2D eigenvalue weighted by Crippen LogP contribution is 2.43. The quantitative estimate of drug-likeness (QED) is 0.0213. The van der Waals surface area contributed by atoms with Crippen LogP contribution in [-0.4, -0.2) is 74.9 Å². The lowest BCUT2D eigenvalue weighted by molar-refractivity contribution is -0.870. The molecule has 1 unspecified atom stereocenters. The lowest BCUT2D eigenvalue weighted by atomic mass is 10.1. The van der Waals surface area contributed by atoms with Gasteiger partial charge in [0.05, 0.1) is 27.7 Å². The number of hydrogen-bond donors (Lipinski definition) is 1. The van der Waals surface area contributed by atoms with Crippen LogP contribution in [-0.2, 0) is 32.7 Å². The Labute approximate surface area is 356 Å². The third-order valence-corrected chi connectivity index (χ3v) is 10.8. The van der Waals surface area contributed by atoms with Gasteiger partial charge in [-0.15, -0.1) is 0 Å². The van der Waals surface area contributed by atoms with Crippen molar-refractivity contribution in [2.75, 3.05) is 47.5 Å². The van der Waals surface area contributed by atoms with Crippen LogP contribution in [0.3, 0.4) is 0 Å². The number of unbranched alkanes of at least 4 members (excludes halogenated alkanes) is 20. The summed E-state index contributed by atoms with van der Waals surface area (Å²) in [5, 5.41) is 0. The molecule has 0 fully saturated rings. The average Bonchev–Trinajstić information content (AvgIpc) is 3.17. The molecule has 338 valence electrons. The zero-order chi connectivity index (χ0) is 42.8. The molecule has 0 saturated heterocycles. The van der Waals surface area contributed by atoms with E-state index in [4.69, 9.17) is 18.5 Å². The van der Waals surface area contributed by atoms with Crippen LogP contribution in [0.2, 0.25) is 0 Å². The summed E-state index contributed by atoms with van der Waals surface area (Å²) in [7, 11) is 1.44. The highest BCUT2D eigenvalue weighted by Gasteiger charge is 2.27. The first kappa shape index (κ1) is 56.0. The van der Waals surface area contributed by atoms with Crippen molar-refractivity contribution in [3.05, 3.63) is 48.6 Å². The van der Waals surface area contributed by atoms with Crippen molar-refractivity contribution in [1.82, 2.24) is 0 Å². The molecule has 1 N–H and O–H groups in total. The molecule has 0 aromatic rings. The van der Waals surface area contributed by atoms with Gasteiger partial charge in [-0.1, -0.05) is 159 Å². The largest absolute Gasteiger partial charge is 0.472 e. The standard InChI is InChI=1S/C48H88NO8P/c1-6-8-10-12-14-16-18-20-22-24-26-28-30-32-34-36-38-40-47(50)54-44-46(45-56-58(52,53)55-43-42-49(3,4)5)57-48(51)41-39-37-35-33-31-29-27-25-23-21-19-17-15-13-11-9-7-2/h20-23,27,29,33,35,46H,6-19,24-26,28,30-32,34,36-45H2,1-5H3/p+1/b22-20+,23-21+,29-27+,35-33+/t46-/m1/s1. The van der Waals surface area contributed by atoms with Gasteiger partial charge in [0, 0.05) is 12.8 Å². The van der Waals surface area contributed by atoms with E-state index < -0.39 is 26.5 Å². The average molecular weight is 839 g/mol. The van der Waals surface area contributed by atoms with E-state index in [1.54, 1.807) is 0 Å². The van der Waals surface area contributed by atoms with Gasteiger partial charge in [0.1, 0.15) is 19.8 Å². The number of hydrogen-bond acceptors (Lipinski definition) is 7. The Morgan fingerprint density at radius 3 is 1.45 bits per heavy atom. The normalized spacial score (nSPS) is 14.0. The first-order valence-electron chi connectivity index (χ1n) is 23.4. The van der Waals surface area contributed by atoms with Gasteiger partial charge in [-0.05, 0) is 70.6 Å². The fourth-order valence-electron chi connectivity index (χ4n) is 6.14. The van der Waals surface area contributed by atoms with E-state index in [-0.39, 0.29) is 32.0 Å². The Morgan fingerprint density at radius 1 is 0.534 bits per heavy atom. The minimum atomic E-state index is -4.39. The summed E-state index contributed by atoms with van der Waals surface area (Å²) < 4.78 is 34.3. The van der Waals surface area contributed by atoms with Crippen molar-refractivity contribution in [3.8, 4) is 0 Å². The maximum atomic E-state index is 12.7. The van der Waals surface area contributed by atoms with Crippen LogP contribution >= 0.6 is 7.82 Å². The second-order valence-electron chi connectivity index (χ2n) is 16.8. The minimum Gasteiger partial charge on any atom is -0.462 e. The van der Waals surface area contributed by atoms with Gasteiger partial charge in [0.2, 0.25) is 0 Å². The van der Waals surface area contributed by atoms with E-state index in [2.05, 4.69) is 62.5 Å². The number of carbonyl (C=O) groups excluding carboxylic acids is 2. The second kappa shape index (κ2) is 40.4. The summed E-state index contributed by atoms with van der Waals surface area (Å²) in [4.78, 5) is 35.4. The van der Waals surface area contributed by atoms with Gasteiger partial charge in [-0.25, -0.2) is 4.57 Å². The SMILES string of the molecule is CCCCCCCC/C=C/C/C=C/C/C=C/CCCC(=O)O[C@H](COC(=O)CCCCCCCCC/C=C/CCCCCCCC)COP(=O)(O)OCC[N+](C)(C)C. The Morgan fingerprint density at radius 2 is 0.948 bits per heavy atom. The molecule has 0 amide bonds. The summed E-state index contributed by atoms with van der Waals surface area (Å²) in [5.74, 6) is -0.864. The van der Waals surface area contributed by atoms with Crippen LogP contribution in [0.15, 0.2) is 48.6 Å². The van der Waals surface area contributed by atoms with Crippen LogP contribution in [0.25, 0.3) is 0 Å². The van der Waals surface area contributed by atoms with Crippen LogP contribution in [0.4, 0.5) is 0 Å². The maximum Gasteiger partial charge on any atom is 0.472 e. The Hall–Kier alpha value is -2.03. The Kier molecular flexibility index (Phi) is 39.0. The first-order valence-corrected chi connectivity index (χ1v) is 24.9. The molecule has 0 spiro atoms. The fourth-order valence-corrected chi connectivity index (χ4v) is 6.88. The van der Waals surface area contributed by atoms with Crippen molar-refractivity contribution in [2.45, 2.75) is 200 Å². The lowest BCUT2D eigenvalue weighted by Gasteiger charge is -2.24. The number of esters is 2. The summed E-state index contributed by atoms with van der Waals surface area (Å²) in [6.45, 7) is 4.35. The summed E-state index contributed by atoms with van der Waals surface area (Å²) in [5.41, 5.74) is 0. The Balaban J connectivity index is 4.41. The number of rotatable bonds is 42. The zero-order valence-electron chi connectivity index (χ0n) is 38.0. The van der Waals surface area contributed by atoms with Crippen LogP contribution in [0.1, 0.15) is 194 Å². The zero-order valence-corrected chi connectivity index (χ0v) is 38.9. The minimum absolute atomic E-state index is 0.0209. The van der Waals surface area contributed by atoms with Gasteiger partial charge in [0.25, 0.3) is 0 Å². The number of phosphoric ester groups is 1. The molecule has 0 aromatic heterocycles. The predicted octanol–water partition coefficient (Wildman–Crippen LogP) is 13.5. The monoisotopic (exact) mass is 839 g/mol. The fraction of sp³-hybridized carbons (Fsp3) is 0.792. The van der Waals surface area contributed by atoms with Crippen LogP contribution < -0.4 is 0 Å². The first-order chi connectivity index (χ1) is 28.0. The number of carbonyl (C=O) groups is 2. The van der Waals surface area contributed by atoms with Crippen molar-refractivity contribution < 1.29 is 42.1 Å². The number of phosphoric acid groups is 1. The molecule has 58 heavy (non-hydrogen) atoms. The lowest BCUT2D eigenvalue weighted by Crippen LogP contribution is -2.37. The highest BCUT2D eigenvalue weighted by molar-refractivity contribution is 7.47.